The summed E-state index contributed by atoms with van der Waals surface area (Å²) in [4.78, 5) is 28.0. The number of aliphatic hydroxyl groups excluding tert-OH is 1. The molecule has 2 aliphatic rings. The second-order valence-corrected chi connectivity index (χ2v) is 14.1. The Morgan fingerprint density at radius 2 is 1.95 bits per heavy atom. The third-order valence-corrected chi connectivity index (χ3v) is 11.1. The molecule has 0 bridgehead atoms. The highest BCUT2D eigenvalue weighted by molar-refractivity contribution is 7.94. The molecule has 0 saturated heterocycles. The van der Waals surface area contributed by atoms with E-state index in [1.54, 1.807) is 57.0 Å². The molecule has 0 spiro atoms. The molecule has 1 fully saturated rings. The molecule has 0 radical (unpaired) electrons. The van der Waals surface area contributed by atoms with Crippen LogP contribution in [0.25, 0.3) is 0 Å². The lowest BCUT2D eigenvalue weighted by atomic mass is 10.0. The van der Waals surface area contributed by atoms with Crippen molar-refractivity contribution in [3.05, 3.63) is 52.3 Å². The minimum absolute atomic E-state index is 0.108. The van der Waals surface area contributed by atoms with Crippen molar-refractivity contribution < 1.29 is 23.1 Å². The lowest BCUT2D eigenvalue weighted by molar-refractivity contribution is 0.0724. The lowest BCUT2D eigenvalue weighted by Crippen LogP contribution is -2.50. The molecule has 1 aromatic heterocycles. The van der Waals surface area contributed by atoms with Crippen LogP contribution in [0.2, 0.25) is 0 Å². The maximum Gasteiger partial charge on any atom is 0.272 e. The van der Waals surface area contributed by atoms with E-state index in [4.69, 9.17) is 5.26 Å². The Bertz CT molecular complexity index is 1380. The number of nitriles is 1. The van der Waals surface area contributed by atoms with Gasteiger partial charge in [0.1, 0.15) is 5.69 Å². The fourth-order valence-corrected chi connectivity index (χ4v) is 7.67. The van der Waals surface area contributed by atoms with E-state index in [0.29, 0.717) is 55.5 Å². The molecular formula is C27H35N5O5S. The van der Waals surface area contributed by atoms with Crippen molar-refractivity contribution in [1.82, 2.24) is 20.0 Å². The van der Waals surface area contributed by atoms with Crippen LogP contribution in [0.4, 0.5) is 0 Å². The molecule has 10 nitrogen and oxygen atoms in total. The van der Waals surface area contributed by atoms with Gasteiger partial charge in [-0.15, -0.1) is 0 Å². The molecule has 2 aromatic rings. The molecule has 11 heteroatoms. The number of carbonyl (C=O) groups is 2. The molecule has 1 atom stereocenters. The Morgan fingerprint density at radius 3 is 2.53 bits per heavy atom. The molecule has 1 saturated carbocycles. The number of nitrogens with one attached hydrogen (secondary N) is 1. The zero-order chi connectivity index (χ0) is 27.9. The van der Waals surface area contributed by atoms with Gasteiger partial charge in [0.15, 0.2) is 15.5 Å². The van der Waals surface area contributed by atoms with Gasteiger partial charge >= 0.3 is 0 Å². The fraction of sp³-hybridized carbons (Fsp3) is 0.556. The van der Waals surface area contributed by atoms with E-state index in [-0.39, 0.29) is 24.7 Å². The van der Waals surface area contributed by atoms with Crippen LogP contribution in [-0.4, -0.2) is 68.7 Å². The quantitative estimate of drug-likeness (QED) is 0.468. The number of carbonyl (C=O) groups excluding carboxylic acids is 2. The van der Waals surface area contributed by atoms with E-state index in [0.717, 1.165) is 5.56 Å². The molecule has 0 unspecified atom stereocenters. The normalized spacial score (nSPS) is 17.5. The van der Waals surface area contributed by atoms with E-state index < -0.39 is 31.3 Å². The van der Waals surface area contributed by atoms with Gasteiger partial charge in [-0.05, 0) is 70.6 Å². The number of amides is 2. The number of hydrogen-bond donors (Lipinski definition) is 2. The zero-order valence-corrected chi connectivity index (χ0v) is 23.1. The molecule has 1 aliphatic heterocycles. The first-order valence-corrected chi connectivity index (χ1v) is 14.3. The van der Waals surface area contributed by atoms with E-state index in [9.17, 15) is 23.1 Å². The van der Waals surface area contributed by atoms with Crippen LogP contribution in [-0.2, 0) is 29.9 Å². The number of aryl methyl sites for hydroxylation is 1. The van der Waals surface area contributed by atoms with Gasteiger partial charge in [0.05, 0.1) is 27.2 Å². The summed E-state index contributed by atoms with van der Waals surface area (Å²) in [7, 11) is -1.98. The van der Waals surface area contributed by atoms with Gasteiger partial charge in [-0.3, -0.25) is 14.3 Å². The van der Waals surface area contributed by atoms with Crippen molar-refractivity contribution >= 4 is 21.7 Å². The van der Waals surface area contributed by atoms with Crippen molar-refractivity contribution in [2.45, 2.75) is 75.0 Å². The second-order valence-electron chi connectivity index (χ2n) is 11.1. The van der Waals surface area contributed by atoms with Gasteiger partial charge < -0.3 is 15.3 Å². The van der Waals surface area contributed by atoms with Crippen molar-refractivity contribution in [3.8, 4) is 6.07 Å². The lowest BCUT2D eigenvalue weighted by Gasteiger charge is -2.35. The number of rotatable bonds is 10. The van der Waals surface area contributed by atoms with Crippen molar-refractivity contribution in [2.24, 2.45) is 7.05 Å². The summed E-state index contributed by atoms with van der Waals surface area (Å²) in [6, 6.07) is 8.94. The molecule has 4 rings (SSSR count). The van der Waals surface area contributed by atoms with Gasteiger partial charge in [-0.25, -0.2) is 8.42 Å². The van der Waals surface area contributed by atoms with Gasteiger partial charge in [-0.2, -0.15) is 10.4 Å². The largest absolute Gasteiger partial charge is 0.393 e. The van der Waals surface area contributed by atoms with Gasteiger partial charge in [0.25, 0.3) is 11.8 Å². The van der Waals surface area contributed by atoms with Gasteiger partial charge in [0, 0.05) is 32.2 Å². The van der Waals surface area contributed by atoms with Crippen LogP contribution in [0.15, 0.2) is 24.3 Å². The minimum Gasteiger partial charge on any atom is -0.393 e. The molecule has 2 heterocycles. The summed E-state index contributed by atoms with van der Waals surface area (Å²) in [6.45, 7) is 5.71. The minimum atomic E-state index is -3.59. The number of sulfone groups is 1. The van der Waals surface area contributed by atoms with E-state index >= 15 is 0 Å². The number of benzene rings is 1. The molecule has 2 N–H and O–H groups in total. The molecule has 1 aliphatic carbocycles. The topological polar surface area (TPSA) is 145 Å². The SMILES string of the molecule is C[C@H](O)CCC(C)(C)S(=O)(=O)C1(CN2CCc3c(C(=O)NCc4ccc(C#N)cc4)nn(C)c3C2=O)CC1. The fourth-order valence-electron chi connectivity index (χ4n) is 5.14. The number of aliphatic hydroxyl groups is 1. The van der Waals surface area contributed by atoms with Crippen LogP contribution >= 0.6 is 0 Å². The zero-order valence-electron chi connectivity index (χ0n) is 22.3. The van der Waals surface area contributed by atoms with E-state index in [1.807, 2.05) is 0 Å². The summed E-state index contributed by atoms with van der Waals surface area (Å²) < 4.78 is 26.7. The van der Waals surface area contributed by atoms with Crippen LogP contribution in [0, 0.1) is 11.3 Å². The van der Waals surface area contributed by atoms with Crippen LogP contribution in [0.5, 0.6) is 0 Å². The smallest absolute Gasteiger partial charge is 0.272 e. The van der Waals surface area contributed by atoms with Crippen molar-refractivity contribution in [3.63, 3.8) is 0 Å². The maximum atomic E-state index is 13.7. The molecule has 2 amide bonds. The average molecular weight is 542 g/mol. The number of aromatic nitrogens is 2. The third-order valence-electron chi connectivity index (χ3n) is 7.77. The van der Waals surface area contributed by atoms with Crippen LogP contribution < -0.4 is 5.32 Å². The number of fused-ring (bicyclic) bond motifs is 1. The number of nitrogens with zero attached hydrogens (tertiary/aromatic N) is 4. The Labute approximate surface area is 223 Å². The molecule has 204 valence electrons. The number of hydrogen-bond acceptors (Lipinski definition) is 7. The predicted molar refractivity (Wildman–Crippen MR) is 141 cm³/mol. The first-order valence-electron chi connectivity index (χ1n) is 12.9. The summed E-state index contributed by atoms with van der Waals surface area (Å²) in [6.07, 6.45) is 1.55. The maximum absolute atomic E-state index is 13.7. The summed E-state index contributed by atoms with van der Waals surface area (Å²) in [5, 5.41) is 25.8. The highest BCUT2D eigenvalue weighted by Gasteiger charge is 2.60. The third kappa shape index (κ3) is 5.07. The Kier molecular flexibility index (Phi) is 7.43. The first kappa shape index (κ1) is 27.8. The Hall–Kier alpha value is -3.23. The van der Waals surface area contributed by atoms with Gasteiger partial charge in [0.2, 0.25) is 0 Å². The monoisotopic (exact) mass is 541 g/mol. The molecule has 1 aromatic carbocycles. The summed E-state index contributed by atoms with van der Waals surface area (Å²) >= 11 is 0. The summed E-state index contributed by atoms with van der Waals surface area (Å²) in [5.41, 5.74) is 2.43. The standard InChI is InChI=1S/C27H35N5O5S/c1-18(33)9-11-26(2,3)38(36,37)27(12-13-27)17-32-14-10-21-22(30-31(4)23(21)25(32)35)24(34)29-16-20-7-5-19(15-28)6-8-20/h5-8,18,33H,9-14,16-17H2,1-4H3,(H,29,34)/t18-/m0/s1. The Morgan fingerprint density at radius 1 is 1.29 bits per heavy atom. The van der Waals surface area contributed by atoms with Crippen LogP contribution in [0.1, 0.15) is 84.1 Å². The van der Waals surface area contributed by atoms with Crippen molar-refractivity contribution in [2.75, 3.05) is 13.1 Å². The highest BCUT2D eigenvalue weighted by Crippen LogP contribution is 2.50. The predicted octanol–water partition coefficient (Wildman–Crippen LogP) is 2.11. The van der Waals surface area contributed by atoms with E-state index in [2.05, 4.69) is 16.5 Å². The summed E-state index contributed by atoms with van der Waals surface area (Å²) in [5.74, 6) is -0.718. The van der Waals surface area contributed by atoms with Crippen LogP contribution in [0.3, 0.4) is 0 Å². The van der Waals surface area contributed by atoms with Crippen molar-refractivity contribution in [1.29, 1.82) is 5.26 Å². The molecule has 38 heavy (non-hydrogen) atoms. The highest BCUT2D eigenvalue weighted by atomic mass is 32.2. The average Bonchev–Trinajstić information content (AvgIpc) is 3.59. The molecular weight excluding hydrogens is 506 g/mol. The first-order chi connectivity index (χ1) is 17.8. The van der Waals surface area contributed by atoms with Gasteiger partial charge in [-0.1, -0.05) is 12.1 Å². The van der Waals surface area contributed by atoms with E-state index in [1.165, 1.54) is 4.68 Å². The second kappa shape index (κ2) is 10.2. The Balaban J connectivity index is 1.47.